The minimum Gasteiger partial charge on any atom is -0.508 e. The largest absolute Gasteiger partial charge is 0.508 e. The van der Waals surface area contributed by atoms with Crippen molar-refractivity contribution in [3.8, 4) is 11.5 Å². The fourth-order valence-corrected chi connectivity index (χ4v) is 4.12. The summed E-state index contributed by atoms with van der Waals surface area (Å²) in [6.45, 7) is 3.07. The number of rotatable bonds is 4. The first-order valence-electron chi connectivity index (χ1n) is 8.74. The zero-order valence-electron chi connectivity index (χ0n) is 15.4. The van der Waals surface area contributed by atoms with Gasteiger partial charge in [-0.15, -0.1) is 0 Å². The predicted molar refractivity (Wildman–Crippen MR) is 100 cm³/mol. The summed E-state index contributed by atoms with van der Waals surface area (Å²) in [6.07, 6.45) is 0. The molecule has 3 rings (SSSR count). The van der Waals surface area contributed by atoms with Crippen LogP contribution in [0.1, 0.15) is 37.1 Å². The summed E-state index contributed by atoms with van der Waals surface area (Å²) in [5.41, 5.74) is -0.181. The first-order valence-corrected chi connectivity index (χ1v) is 8.74. The van der Waals surface area contributed by atoms with Gasteiger partial charge in [-0.05, 0) is 49.2 Å². The normalized spacial score (nSPS) is 26.5. The lowest BCUT2D eigenvalue weighted by molar-refractivity contribution is -0.605. The molecular formula is C19H21N3O6. The van der Waals surface area contributed by atoms with E-state index in [4.69, 9.17) is 0 Å². The van der Waals surface area contributed by atoms with Crippen molar-refractivity contribution in [1.29, 1.82) is 0 Å². The van der Waals surface area contributed by atoms with E-state index in [1.54, 1.807) is 24.3 Å². The average Bonchev–Trinajstić information content (AvgIpc) is 2.60. The van der Waals surface area contributed by atoms with E-state index >= 15 is 0 Å². The number of hydrogen-bond donors (Lipinski definition) is 3. The van der Waals surface area contributed by atoms with E-state index in [0.717, 1.165) is 0 Å². The Bertz CT molecular complexity index is 810. The number of piperidine rings is 1. The van der Waals surface area contributed by atoms with Crippen LogP contribution in [-0.4, -0.2) is 32.1 Å². The van der Waals surface area contributed by atoms with Gasteiger partial charge in [-0.1, -0.05) is 24.3 Å². The SMILES string of the molecule is CC1(C)[C@H]([N+](=O)[O-])[C@H](c2ccc(O)cc2)N[C@@H](c2ccc(O)cc2)[C@H]1[N+](=O)[O-]. The highest BCUT2D eigenvalue weighted by molar-refractivity contribution is 5.33. The molecule has 1 saturated heterocycles. The predicted octanol–water partition coefficient (Wildman–Crippen LogP) is 2.80. The molecule has 0 amide bonds. The Labute approximate surface area is 160 Å². The van der Waals surface area contributed by atoms with Crippen LogP contribution < -0.4 is 5.32 Å². The van der Waals surface area contributed by atoms with Crippen LogP contribution in [0.25, 0.3) is 0 Å². The number of nitro groups is 2. The second-order valence-electron chi connectivity index (χ2n) is 7.59. The van der Waals surface area contributed by atoms with Crippen LogP contribution >= 0.6 is 0 Å². The molecule has 148 valence electrons. The van der Waals surface area contributed by atoms with Crippen molar-refractivity contribution < 1.29 is 20.1 Å². The molecule has 0 radical (unpaired) electrons. The number of hydrogen-bond acceptors (Lipinski definition) is 7. The number of benzene rings is 2. The Morgan fingerprint density at radius 3 is 1.39 bits per heavy atom. The molecule has 4 atom stereocenters. The maximum absolute atomic E-state index is 11.9. The Morgan fingerprint density at radius 2 is 1.11 bits per heavy atom. The van der Waals surface area contributed by atoms with Crippen molar-refractivity contribution in [1.82, 2.24) is 5.32 Å². The van der Waals surface area contributed by atoms with E-state index < -0.39 is 39.4 Å². The molecule has 28 heavy (non-hydrogen) atoms. The summed E-state index contributed by atoms with van der Waals surface area (Å²) in [6, 6.07) is 7.85. The molecule has 1 fully saturated rings. The topological polar surface area (TPSA) is 139 Å². The standard InChI is InChI=1S/C19H21N3O6/c1-19(2)17(21(25)26)15(11-3-7-13(23)8-4-11)20-16(18(19)22(27)28)12-5-9-14(24)10-6-12/h3-10,15-18,20,23-24H,1-2H3/t15-,16-,17+,18+/m0/s1. The Balaban J connectivity index is 2.14. The molecule has 3 N–H and O–H groups in total. The minimum atomic E-state index is -1.29. The molecule has 0 spiro atoms. The van der Waals surface area contributed by atoms with E-state index in [1.165, 1.54) is 38.1 Å². The summed E-state index contributed by atoms with van der Waals surface area (Å²) >= 11 is 0. The van der Waals surface area contributed by atoms with Crippen LogP contribution in [0.15, 0.2) is 48.5 Å². The lowest BCUT2D eigenvalue weighted by Crippen LogP contribution is -2.63. The lowest BCUT2D eigenvalue weighted by atomic mass is 9.66. The maximum atomic E-state index is 11.9. The molecule has 0 aliphatic carbocycles. The quantitative estimate of drug-likeness (QED) is 0.541. The van der Waals surface area contributed by atoms with Gasteiger partial charge in [-0.2, -0.15) is 0 Å². The molecule has 9 heteroatoms. The van der Waals surface area contributed by atoms with Gasteiger partial charge < -0.3 is 10.2 Å². The van der Waals surface area contributed by atoms with Crippen molar-refractivity contribution in [2.45, 2.75) is 38.0 Å². The van der Waals surface area contributed by atoms with Crippen LogP contribution in [0, 0.1) is 25.6 Å². The van der Waals surface area contributed by atoms with Crippen molar-refractivity contribution >= 4 is 0 Å². The van der Waals surface area contributed by atoms with Gasteiger partial charge in [0.15, 0.2) is 0 Å². The highest BCUT2D eigenvalue weighted by Crippen LogP contribution is 2.47. The van der Waals surface area contributed by atoms with Crippen molar-refractivity contribution in [3.63, 3.8) is 0 Å². The summed E-state index contributed by atoms with van der Waals surface area (Å²) in [4.78, 5) is 22.9. The molecule has 1 heterocycles. The third kappa shape index (κ3) is 3.36. The summed E-state index contributed by atoms with van der Waals surface area (Å²) in [5.74, 6) is 0.0458. The molecule has 1 aliphatic rings. The molecule has 2 aromatic carbocycles. The van der Waals surface area contributed by atoms with Crippen LogP contribution in [0.2, 0.25) is 0 Å². The fraction of sp³-hybridized carbons (Fsp3) is 0.368. The average molecular weight is 387 g/mol. The van der Waals surface area contributed by atoms with Gasteiger partial charge in [-0.3, -0.25) is 25.5 Å². The third-order valence-corrected chi connectivity index (χ3v) is 5.47. The van der Waals surface area contributed by atoms with E-state index in [1.807, 2.05) is 0 Å². The highest BCUT2D eigenvalue weighted by Gasteiger charge is 2.62. The number of phenols is 2. The number of nitrogens with one attached hydrogen (secondary N) is 1. The second-order valence-corrected chi connectivity index (χ2v) is 7.59. The lowest BCUT2D eigenvalue weighted by Gasteiger charge is -2.44. The van der Waals surface area contributed by atoms with Gasteiger partial charge in [0.25, 0.3) is 0 Å². The molecule has 0 saturated carbocycles. The van der Waals surface area contributed by atoms with E-state index in [-0.39, 0.29) is 11.5 Å². The van der Waals surface area contributed by atoms with Gasteiger partial charge in [0.1, 0.15) is 29.0 Å². The zero-order valence-corrected chi connectivity index (χ0v) is 15.4. The van der Waals surface area contributed by atoms with Crippen molar-refractivity contribution in [2.24, 2.45) is 5.41 Å². The van der Waals surface area contributed by atoms with Gasteiger partial charge in [-0.25, -0.2) is 0 Å². The van der Waals surface area contributed by atoms with Crippen LogP contribution in [0.3, 0.4) is 0 Å². The third-order valence-electron chi connectivity index (χ3n) is 5.47. The maximum Gasteiger partial charge on any atom is 0.243 e. The fourth-order valence-electron chi connectivity index (χ4n) is 4.12. The van der Waals surface area contributed by atoms with Gasteiger partial charge in [0, 0.05) is 9.85 Å². The van der Waals surface area contributed by atoms with E-state index in [2.05, 4.69) is 5.32 Å². The monoisotopic (exact) mass is 387 g/mol. The molecule has 2 aromatic rings. The first-order chi connectivity index (χ1) is 13.1. The first kappa shape index (κ1) is 19.6. The van der Waals surface area contributed by atoms with Gasteiger partial charge in [0.2, 0.25) is 12.1 Å². The molecule has 9 nitrogen and oxygen atoms in total. The van der Waals surface area contributed by atoms with E-state index in [9.17, 15) is 30.4 Å². The van der Waals surface area contributed by atoms with Crippen LogP contribution in [0.5, 0.6) is 11.5 Å². The molecule has 0 unspecified atom stereocenters. The molecule has 1 aliphatic heterocycles. The summed E-state index contributed by atoms with van der Waals surface area (Å²) < 4.78 is 0. The highest BCUT2D eigenvalue weighted by atomic mass is 16.6. The van der Waals surface area contributed by atoms with Gasteiger partial charge in [0.05, 0.1) is 0 Å². The molecule has 0 aromatic heterocycles. The van der Waals surface area contributed by atoms with E-state index in [0.29, 0.717) is 11.1 Å². The number of phenolic OH excluding ortho intramolecular Hbond substituents is 2. The Morgan fingerprint density at radius 1 is 0.786 bits per heavy atom. The number of nitrogens with zero attached hydrogens (tertiary/aromatic N) is 2. The summed E-state index contributed by atoms with van der Waals surface area (Å²) in [7, 11) is 0. The molecular weight excluding hydrogens is 366 g/mol. The minimum absolute atomic E-state index is 0.0229. The Kier molecular flexibility index (Phi) is 4.95. The Hall–Kier alpha value is -3.20. The van der Waals surface area contributed by atoms with Crippen molar-refractivity contribution in [3.05, 3.63) is 79.9 Å². The van der Waals surface area contributed by atoms with Gasteiger partial charge >= 0.3 is 0 Å². The molecule has 0 bridgehead atoms. The summed E-state index contributed by atoms with van der Waals surface area (Å²) in [5, 5.41) is 46.0. The van der Waals surface area contributed by atoms with Crippen LogP contribution in [0.4, 0.5) is 0 Å². The zero-order chi connectivity index (χ0) is 20.6. The number of aromatic hydroxyl groups is 2. The smallest absolute Gasteiger partial charge is 0.243 e. The van der Waals surface area contributed by atoms with Crippen molar-refractivity contribution in [2.75, 3.05) is 0 Å². The van der Waals surface area contributed by atoms with Crippen LogP contribution in [-0.2, 0) is 0 Å². The second kappa shape index (κ2) is 7.08.